The fourth-order valence-electron chi connectivity index (χ4n) is 1.10. The molecule has 2 N–H and O–H groups in total. The molecule has 0 radical (unpaired) electrons. The van der Waals surface area contributed by atoms with E-state index in [1.165, 1.54) is 0 Å². The normalized spacial score (nSPS) is 10.4. The van der Waals surface area contributed by atoms with Crippen LogP contribution in [0.4, 0.5) is 0 Å². The average molecular weight is 206 g/mol. The van der Waals surface area contributed by atoms with Gasteiger partial charge in [-0.3, -0.25) is 9.97 Å². The number of thiazole rings is 1. The minimum Gasteiger partial charge on any atom is -0.330 e. The number of hydrogen-bond acceptors (Lipinski definition) is 5. The summed E-state index contributed by atoms with van der Waals surface area (Å²) in [5, 5.41) is 2.92. The van der Waals surface area contributed by atoms with Gasteiger partial charge in [-0.15, -0.1) is 11.3 Å². The summed E-state index contributed by atoms with van der Waals surface area (Å²) in [7, 11) is 0. The Hall–Kier alpha value is -1.33. The molecule has 4 nitrogen and oxygen atoms in total. The van der Waals surface area contributed by atoms with Crippen molar-refractivity contribution in [2.75, 3.05) is 6.54 Å². The molecule has 5 heteroatoms. The van der Waals surface area contributed by atoms with Crippen LogP contribution in [0.3, 0.4) is 0 Å². The van der Waals surface area contributed by atoms with Gasteiger partial charge in [-0.25, -0.2) is 4.98 Å². The molecule has 0 aliphatic rings. The maximum atomic E-state index is 5.45. The predicted molar refractivity (Wildman–Crippen MR) is 55.9 cm³/mol. The molecule has 0 amide bonds. The zero-order chi connectivity index (χ0) is 9.80. The lowest BCUT2D eigenvalue weighted by Gasteiger charge is -1.92. The molecular formula is C9H10N4S. The van der Waals surface area contributed by atoms with Gasteiger partial charge in [0, 0.05) is 24.2 Å². The molecule has 0 aliphatic carbocycles. The second kappa shape index (κ2) is 4.26. The minimum atomic E-state index is 0.629. The van der Waals surface area contributed by atoms with E-state index < -0.39 is 0 Å². The number of hydrogen-bond donors (Lipinski definition) is 1. The molecule has 0 aliphatic heterocycles. The summed E-state index contributed by atoms with van der Waals surface area (Å²) in [6, 6.07) is 0. The summed E-state index contributed by atoms with van der Waals surface area (Å²) in [5.41, 5.74) is 7.29. The van der Waals surface area contributed by atoms with Crippen molar-refractivity contribution in [3.63, 3.8) is 0 Å². The topological polar surface area (TPSA) is 64.7 Å². The van der Waals surface area contributed by atoms with Crippen LogP contribution < -0.4 is 5.73 Å². The van der Waals surface area contributed by atoms with Crippen molar-refractivity contribution in [1.29, 1.82) is 0 Å². The van der Waals surface area contributed by atoms with E-state index in [-0.39, 0.29) is 0 Å². The fourth-order valence-corrected chi connectivity index (χ4v) is 1.91. The molecule has 0 atom stereocenters. The predicted octanol–water partition coefficient (Wildman–Crippen LogP) is 1.10. The first-order chi connectivity index (χ1) is 6.90. The lowest BCUT2D eigenvalue weighted by Crippen LogP contribution is -2.02. The monoisotopic (exact) mass is 206 g/mol. The van der Waals surface area contributed by atoms with Crippen molar-refractivity contribution in [2.24, 2.45) is 5.73 Å². The molecule has 2 heterocycles. The molecule has 2 aromatic heterocycles. The van der Waals surface area contributed by atoms with Gasteiger partial charge in [0.05, 0.1) is 11.9 Å². The molecule has 72 valence electrons. The van der Waals surface area contributed by atoms with Crippen LogP contribution in [0.1, 0.15) is 5.69 Å². The van der Waals surface area contributed by atoms with E-state index in [9.17, 15) is 0 Å². The summed E-state index contributed by atoms with van der Waals surface area (Å²) in [6.07, 6.45) is 5.85. The zero-order valence-electron chi connectivity index (χ0n) is 7.55. The quantitative estimate of drug-likeness (QED) is 0.816. The maximum Gasteiger partial charge on any atom is 0.143 e. The third-order valence-corrected chi connectivity index (χ3v) is 2.65. The first-order valence-electron chi connectivity index (χ1n) is 4.31. The Morgan fingerprint density at radius 2 is 2.29 bits per heavy atom. The molecule has 0 spiro atoms. The van der Waals surface area contributed by atoms with Crippen molar-refractivity contribution >= 4 is 11.3 Å². The van der Waals surface area contributed by atoms with Crippen molar-refractivity contribution in [2.45, 2.75) is 6.42 Å². The second-order valence-corrected chi connectivity index (χ2v) is 3.63. The van der Waals surface area contributed by atoms with Crippen LogP contribution in [0.25, 0.3) is 10.7 Å². The largest absolute Gasteiger partial charge is 0.330 e. The summed E-state index contributed by atoms with van der Waals surface area (Å²) in [4.78, 5) is 12.6. The Morgan fingerprint density at radius 1 is 1.36 bits per heavy atom. The minimum absolute atomic E-state index is 0.629. The smallest absolute Gasteiger partial charge is 0.143 e. The van der Waals surface area contributed by atoms with Gasteiger partial charge in [0.25, 0.3) is 0 Å². The molecule has 0 fully saturated rings. The Labute approximate surface area is 85.9 Å². The van der Waals surface area contributed by atoms with Crippen molar-refractivity contribution in [1.82, 2.24) is 15.0 Å². The molecule has 2 aromatic rings. The van der Waals surface area contributed by atoms with Gasteiger partial charge in [0.15, 0.2) is 0 Å². The van der Waals surface area contributed by atoms with Gasteiger partial charge in [0.1, 0.15) is 10.7 Å². The SMILES string of the molecule is NCCc1csc(-c2cnccn2)n1. The highest BCUT2D eigenvalue weighted by Crippen LogP contribution is 2.20. The number of nitrogens with two attached hydrogens (primary N) is 1. The molecular weight excluding hydrogens is 196 g/mol. The summed E-state index contributed by atoms with van der Waals surface area (Å²) >= 11 is 1.57. The Morgan fingerprint density at radius 3 is 3.00 bits per heavy atom. The third-order valence-electron chi connectivity index (χ3n) is 1.73. The Bertz CT molecular complexity index is 398. The Kier molecular flexibility index (Phi) is 2.81. The van der Waals surface area contributed by atoms with Gasteiger partial charge in [0.2, 0.25) is 0 Å². The van der Waals surface area contributed by atoms with Crippen LogP contribution >= 0.6 is 11.3 Å². The van der Waals surface area contributed by atoms with E-state index in [0.717, 1.165) is 22.8 Å². The van der Waals surface area contributed by atoms with Crippen LogP contribution in [0, 0.1) is 0 Å². The first kappa shape index (κ1) is 9.23. The lowest BCUT2D eigenvalue weighted by molar-refractivity contribution is 0.935. The van der Waals surface area contributed by atoms with E-state index >= 15 is 0 Å². The highest BCUT2D eigenvalue weighted by atomic mass is 32.1. The van der Waals surface area contributed by atoms with Crippen molar-refractivity contribution in [3.05, 3.63) is 29.7 Å². The van der Waals surface area contributed by atoms with E-state index in [0.29, 0.717) is 6.54 Å². The summed E-state index contributed by atoms with van der Waals surface area (Å²) < 4.78 is 0. The zero-order valence-corrected chi connectivity index (χ0v) is 8.37. The van der Waals surface area contributed by atoms with Crippen molar-refractivity contribution in [3.8, 4) is 10.7 Å². The second-order valence-electron chi connectivity index (χ2n) is 2.77. The third kappa shape index (κ3) is 1.94. The van der Waals surface area contributed by atoms with E-state index in [1.54, 1.807) is 29.9 Å². The number of nitrogens with zero attached hydrogens (tertiary/aromatic N) is 3. The summed E-state index contributed by atoms with van der Waals surface area (Å²) in [6.45, 7) is 0.629. The molecule has 14 heavy (non-hydrogen) atoms. The number of aromatic nitrogens is 3. The lowest BCUT2D eigenvalue weighted by atomic mass is 10.3. The van der Waals surface area contributed by atoms with Crippen LogP contribution in [-0.2, 0) is 6.42 Å². The molecule has 0 bridgehead atoms. The van der Waals surface area contributed by atoms with E-state index in [1.807, 2.05) is 5.38 Å². The van der Waals surface area contributed by atoms with Crippen LogP contribution in [-0.4, -0.2) is 21.5 Å². The fraction of sp³-hybridized carbons (Fsp3) is 0.222. The molecule has 0 unspecified atom stereocenters. The van der Waals surface area contributed by atoms with Crippen LogP contribution in [0.5, 0.6) is 0 Å². The molecule has 2 rings (SSSR count). The van der Waals surface area contributed by atoms with Gasteiger partial charge in [-0.2, -0.15) is 0 Å². The van der Waals surface area contributed by atoms with E-state index in [2.05, 4.69) is 15.0 Å². The van der Waals surface area contributed by atoms with Crippen LogP contribution in [0.2, 0.25) is 0 Å². The van der Waals surface area contributed by atoms with Gasteiger partial charge >= 0.3 is 0 Å². The first-order valence-corrected chi connectivity index (χ1v) is 5.19. The highest BCUT2D eigenvalue weighted by Gasteiger charge is 2.04. The maximum absolute atomic E-state index is 5.45. The molecule has 0 aromatic carbocycles. The van der Waals surface area contributed by atoms with Crippen LogP contribution in [0.15, 0.2) is 24.0 Å². The Balaban J connectivity index is 2.25. The standard InChI is InChI=1S/C9H10N4S/c10-2-1-7-6-14-9(13-7)8-5-11-3-4-12-8/h3-6H,1-2,10H2. The van der Waals surface area contributed by atoms with Gasteiger partial charge in [-0.1, -0.05) is 0 Å². The van der Waals surface area contributed by atoms with Gasteiger partial charge < -0.3 is 5.73 Å². The van der Waals surface area contributed by atoms with Crippen molar-refractivity contribution < 1.29 is 0 Å². The number of rotatable bonds is 3. The molecule has 0 saturated heterocycles. The molecule has 0 saturated carbocycles. The van der Waals surface area contributed by atoms with Gasteiger partial charge in [-0.05, 0) is 6.54 Å². The summed E-state index contributed by atoms with van der Waals surface area (Å²) in [5.74, 6) is 0. The highest BCUT2D eigenvalue weighted by molar-refractivity contribution is 7.13. The average Bonchev–Trinajstić information content (AvgIpc) is 2.68. The van der Waals surface area contributed by atoms with E-state index in [4.69, 9.17) is 5.73 Å².